The van der Waals surface area contributed by atoms with E-state index < -0.39 is 0 Å². The van der Waals surface area contributed by atoms with Crippen molar-refractivity contribution in [2.24, 2.45) is 23.9 Å². The highest BCUT2D eigenvalue weighted by Crippen LogP contribution is 2.57. The van der Waals surface area contributed by atoms with Crippen LogP contribution in [0.1, 0.15) is 28.1 Å². The van der Waals surface area contributed by atoms with Crippen LogP contribution >= 0.6 is 11.6 Å². The van der Waals surface area contributed by atoms with Crippen LogP contribution in [0.25, 0.3) is 0 Å². The fraction of sp³-hybridized carbons (Fsp3) is 0.400. The highest BCUT2D eigenvalue weighted by atomic mass is 35.5. The summed E-state index contributed by atoms with van der Waals surface area (Å²) in [5, 5.41) is 8.93. The van der Waals surface area contributed by atoms with E-state index in [1.54, 1.807) is 26.4 Å². The summed E-state index contributed by atoms with van der Waals surface area (Å²) in [6, 6.07) is 3.66. The van der Waals surface area contributed by atoms with Gasteiger partial charge in [0.1, 0.15) is 18.1 Å². The van der Waals surface area contributed by atoms with E-state index in [0.29, 0.717) is 40.0 Å². The maximum absolute atomic E-state index is 12.8. The van der Waals surface area contributed by atoms with Gasteiger partial charge < -0.3 is 14.3 Å². The molecule has 31 heavy (non-hydrogen) atoms. The van der Waals surface area contributed by atoms with Crippen LogP contribution in [-0.4, -0.2) is 62.6 Å². The van der Waals surface area contributed by atoms with Gasteiger partial charge in [-0.1, -0.05) is 16.8 Å². The molecule has 1 unspecified atom stereocenters. The summed E-state index contributed by atoms with van der Waals surface area (Å²) in [4.78, 5) is 29.3. The third kappa shape index (κ3) is 3.46. The minimum absolute atomic E-state index is 0.203. The highest BCUT2D eigenvalue weighted by Gasteiger charge is 2.58. The van der Waals surface area contributed by atoms with Gasteiger partial charge in [-0.05, 0) is 30.7 Å². The molecular weight excluding hydrogens is 420 g/mol. The lowest BCUT2D eigenvalue weighted by Crippen LogP contribution is -2.28. The zero-order chi connectivity index (χ0) is 21.7. The van der Waals surface area contributed by atoms with Gasteiger partial charge in [-0.3, -0.25) is 14.5 Å². The summed E-state index contributed by atoms with van der Waals surface area (Å²) < 4.78 is 6.91. The summed E-state index contributed by atoms with van der Waals surface area (Å²) in [5.74, 6) is 2.99. The normalized spacial score (nSPS) is 21.8. The molecule has 3 aromatic heterocycles. The molecule has 10 nitrogen and oxygen atoms in total. The molecule has 11 heteroatoms. The first-order valence-corrected chi connectivity index (χ1v) is 10.3. The highest BCUT2D eigenvalue weighted by molar-refractivity contribution is 6.30. The number of pyridine rings is 1. The molecule has 0 aromatic carbocycles. The number of piperidine rings is 1. The van der Waals surface area contributed by atoms with Crippen LogP contribution in [0.5, 0.6) is 0 Å². The minimum atomic E-state index is -0.241. The average Bonchev–Trinajstić information content (AvgIpc) is 3.18. The van der Waals surface area contributed by atoms with Crippen molar-refractivity contribution in [1.82, 2.24) is 29.8 Å². The molecule has 2 fully saturated rings. The SMILES string of the molecule is C=Nc1cnn(C)c1C(=O)N(C)Cc1nc(C2[C@H]3CN(c4cc(Cl)ccn4)C[C@@H]23)no1. The van der Waals surface area contributed by atoms with Gasteiger partial charge in [-0.2, -0.15) is 10.1 Å². The van der Waals surface area contributed by atoms with Crippen LogP contribution in [0.3, 0.4) is 0 Å². The molecule has 4 heterocycles. The van der Waals surface area contributed by atoms with Gasteiger partial charge in [0.15, 0.2) is 11.5 Å². The molecule has 1 saturated carbocycles. The number of aliphatic imine (C=N–C) groups is 1. The largest absolute Gasteiger partial charge is 0.356 e. The van der Waals surface area contributed by atoms with Crippen molar-refractivity contribution in [3.05, 3.63) is 47.0 Å². The summed E-state index contributed by atoms with van der Waals surface area (Å²) in [6.07, 6.45) is 3.23. The maximum Gasteiger partial charge on any atom is 0.274 e. The van der Waals surface area contributed by atoms with Gasteiger partial charge >= 0.3 is 0 Å². The number of rotatable bonds is 6. The first-order chi connectivity index (χ1) is 15.0. The van der Waals surface area contributed by atoms with Gasteiger partial charge in [0.05, 0.1) is 6.20 Å². The number of hydrogen-bond donors (Lipinski definition) is 0. The molecular formula is C20H21ClN8O2. The number of halogens is 1. The number of nitrogens with zero attached hydrogens (tertiary/aromatic N) is 8. The molecule has 0 radical (unpaired) electrons. The molecule has 160 valence electrons. The number of anilines is 1. The smallest absolute Gasteiger partial charge is 0.274 e. The predicted molar refractivity (Wildman–Crippen MR) is 114 cm³/mol. The van der Waals surface area contributed by atoms with Crippen LogP contribution in [0, 0.1) is 11.8 Å². The monoisotopic (exact) mass is 440 g/mol. The second kappa shape index (κ2) is 7.45. The minimum Gasteiger partial charge on any atom is -0.356 e. The zero-order valence-electron chi connectivity index (χ0n) is 17.1. The van der Waals surface area contributed by atoms with Crippen molar-refractivity contribution >= 4 is 35.7 Å². The Balaban J connectivity index is 1.21. The van der Waals surface area contributed by atoms with Crippen LogP contribution in [0.15, 0.2) is 34.0 Å². The summed E-state index contributed by atoms with van der Waals surface area (Å²) in [5.41, 5.74) is 0.804. The third-order valence-corrected chi connectivity index (χ3v) is 6.25. The Morgan fingerprint density at radius 1 is 1.42 bits per heavy atom. The van der Waals surface area contributed by atoms with Crippen molar-refractivity contribution in [3.63, 3.8) is 0 Å². The average molecular weight is 441 g/mol. The number of fused-ring (bicyclic) bond motifs is 1. The van der Waals surface area contributed by atoms with E-state index in [2.05, 4.69) is 36.8 Å². The lowest BCUT2D eigenvalue weighted by atomic mass is 10.2. The Morgan fingerprint density at radius 2 is 2.19 bits per heavy atom. The standard InChI is InChI=1S/C20H21ClN8O2/c1-22-14-7-24-28(3)18(14)20(30)27(2)10-16-25-19(26-31-16)17-12-8-29(9-13(12)17)15-6-11(21)4-5-23-15/h4-7,12-13,17H,1,8-10H2,2-3H3/t12-,13+,17?. The second-order valence-electron chi connectivity index (χ2n) is 7.96. The van der Waals surface area contributed by atoms with Crippen molar-refractivity contribution in [1.29, 1.82) is 0 Å². The summed E-state index contributed by atoms with van der Waals surface area (Å²) >= 11 is 6.08. The van der Waals surface area contributed by atoms with Gasteiger partial charge in [0, 0.05) is 44.3 Å². The number of aromatic nitrogens is 5. The van der Waals surface area contributed by atoms with E-state index in [1.807, 2.05) is 6.07 Å². The Hall–Kier alpha value is -3.27. The molecule has 0 spiro atoms. The Labute approximate surface area is 183 Å². The summed E-state index contributed by atoms with van der Waals surface area (Å²) in [6.45, 7) is 5.47. The lowest BCUT2D eigenvalue weighted by Gasteiger charge is -2.20. The van der Waals surface area contributed by atoms with E-state index in [4.69, 9.17) is 16.1 Å². The van der Waals surface area contributed by atoms with Gasteiger partial charge in [-0.25, -0.2) is 4.98 Å². The Bertz CT molecular complexity index is 1150. The number of amides is 1. The summed E-state index contributed by atoms with van der Waals surface area (Å²) in [7, 11) is 3.36. The fourth-order valence-corrected chi connectivity index (χ4v) is 4.53. The molecule has 5 rings (SSSR count). The fourth-order valence-electron chi connectivity index (χ4n) is 4.38. The Morgan fingerprint density at radius 3 is 2.90 bits per heavy atom. The van der Waals surface area contributed by atoms with Gasteiger partial charge in [0.25, 0.3) is 5.91 Å². The number of aryl methyl sites for hydroxylation is 1. The number of carbonyl (C=O) groups excluding carboxylic acids is 1. The first-order valence-electron chi connectivity index (χ1n) is 9.89. The molecule has 1 amide bonds. The quantitative estimate of drug-likeness (QED) is 0.541. The molecule has 3 atom stereocenters. The predicted octanol–water partition coefficient (Wildman–Crippen LogP) is 2.31. The van der Waals surface area contributed by atoms with Gasteiger partial charge in [-0.15, -0.1) is 0 Å². The van der Waals surface area contributed by atoms with E-state index >= 15 is 0 Å². The third-order valence-electron chi connectivity index (χ3n) is 6.02. The first kappa shape index (κ1) is 19.7. The van der Waals surface area contributed by atoms with Crippen molar-refractivity contribution in [2.45, 2.75) is 12.5 Å². The van der Waals surface area contributed by atoms with Gasteiger partial charge in [0.2, 0.25) is 5.89 Å². The van der Waals surface area contributed by atoms with E-state index in [0.717, 1.165) is 18.9 Å². The zero-order valence-corrected chi connectivity index (χ0v) is 17.9. The molecule has 2 aliphatic rings. The molecule has 3 aromatic rings. The van der Waals surface area contributed by atoms with Crippen LogP contribution in [0.2, 0.25) is 5.02 Å². The molecule has 0 bridgehead atoms. The topological polar surface area (TPSA) is 106 Å². The maximum atomic E-state index is 12.8. The lowest BCUT2D eigenvalue weighted by molar-refractivity contribution is 0.0759. The van der Waals surface area contributed by atoms with Crippen LogP contribution in [-0.2, 0) is 13.6 Å². The van der Waals surface area contributed by atoms with Crippen molar-refractivity contribution in [3.8, 4) is 0 Å². The Kier molecular flexibility index (Phi) is 4.73. The number of hydrogen-bond acceptors (Lipinski definition) is 8. The second-order valence-corrected chi connectivity index (χ2v) is 8.39. The van der Waals surface area contributed by atoms with Crippen molar-refractivity contribution in [2.75, 3.05) is 25.0 Å². The van der Waals surface area contributed by atoms with E-state index in [-0.39, 0.29) is 18.4 Å². The molecule has 1 saturated heterocycles. The molecule has 1 aliphatic heterocycles. The molecule has 0 N–H and O–H groups in total. The van der Waals surface area contributed by atoms with Crippen LogP contribution in [0.4, 0.5) is 11.5 Å². The van der Waals surface area contributed by atoms with Crippen LogP contribution < -0.4 is 4.90 Å². The number of carbonyl (C=O) groups is 1. The van der Waals surface area contributed by atoms with Crippen molar-refractivity contribution < 1.29 is 9.32 Å². The van der Waals surface area contributed by atoms with E-state index in [1.165, 1.54) is 15.8 Å². The molecule has 1 aliphatic carbocycles. The van der Waals surface area contributed by atoms with E-state index in [9.17, 15) is 4.79 Å².